The molecule has 1 fully saturated rings. The Kier molecular flexibility index (Phi) is 4.94. The number of nitrogens with one attached hydrogen (secondary N) is 1. The number of pyridine rings is 1. The molecule has 0 spiro atoms. The zero-order valence-corrected chi connectivity index (χ0v) is 12.4. The van der Waals surface area contributed by atoms with Gasteiger partial charge in [-0.2, -0.15) is 0 Å². The molecular formula is C16H26N2O. The highest BCUT2D eigenvalue weighted by Crippen LogP contribution is 2.38. The molecule has 1 heterocycles. The number of aromatic nitrogens is 1. The third-order valence-electron chi connectivity index (χ3n) is 4.54. The zero-order chi connectivity index (χ0) is 13.7. The molecule has 0 amide bonds. The minimum atomic E-state index is -0.0255. The molecule has 0 aliphatic heterocycles. The van der Waals surface area contributed by atoms with Gasteiger partial charge in [0.05, 0.1) is 5.60 Å². The molecule has 3 heteroatoms. The Morgan fingerprint density at radius 2 is 2.42 bits per heavy atom. The summed E-state index contributed by atoms with van der Waals surface area (Å²) < 4.78 is 5.99. The monoisotopic (exact) mass is 262 g/mol. The Morgan fingerprint density at radius 3 is 3.00 bits per heavy atom. The van der Waals surface area contributed by atoms with Crippen molar-refractivity contribution in [2.75, 3.05) is 14.2 Å². The fourth-order valence-corrected chi connectivity index (χ4v) is 3.49. The molecule has 1 aromatic heterocycles. The molecule has 106 valence electrons. The zero-order valence-electron chi connectivity index (χ0n) is 12.4. The molecule has 0 bridgehead atoms. The number of methoxy groups -OCH3 is 1. The lowest BCUT2D eigenvalue weighted by atomic mass is 9.73. The Labute approximate surface area is 116 Å². The standard InChI is InChI=1S/C16H26N2O/c1-13-6-4-8-16(11-13,19-3)15(17-2)10-14-7-5-9-18-12-14/h5,7,9,12-13,15,17H,4,6,8,10-11H2,1-3H3. The Bertz CT molecular complexity index is 382. The van der Waals surface area contributed by atoms with Crippen LogP contribution in [0.3, 0.4) is 0 Å². The number of likely N-dealkylation sites (N-methyl/N-ethyl adjacent to an activating group) is 1. The predicted octanol–water partition coefficient (Wildman–Crippen LogP) is 2.81. The lowest BCUT2D eigenvalue weighted by Crippen LogP contribution is -2.54. The molecule has 1 aliphatic rings. The summed E-state index contributed by atoms with van der Waals surface area (Å²) >= 11 is 0. The van der Waals surface area contributed by atoms with Crippen molar-refractivity contribution in [3.8, 4) is 0 Å². The maximum absolute atomic E-state index is 5.99. The molecule has 3 nitrogen and oxygen atoms in total. The Morgan fingerprint density at radius 1 is 1.58 bits per heavy atom. The van der Waals surface area contributed by atoms with Gasteiger partial charge < -0.3 is 10.1 Å². The second-order valence-corrected chi connectivity index (χ2v) is 5.88. The van der Waals surface area contributed by atoms with E-state index in [-0.39, 0.29) is 5.60 Å². The molecular weight excluding hydrogens is 236 g/mol. The third kappa shape index (κ3) is 3.34. The molecule has 0 radical (unpaired) electrons. The van der Waals surface area contributed by atoms with Crippen molar-refractivity contribution in [1.29, 1.82) is 0 Å². The third-order valence-corrected chi connectivity index (χ3v) is 4.54. The van der Waals surface area contributed by atoms with Gasteiger partial charge in [0.15, 0.2) is 0 Å². The van der Waals surface area contributed by atoms with Crippen LogP contribution in [0, 0.1) is 5.92 Å². The Hall–Kier alpha value is -0.930. The fourth-order valence-electron chi connectivity index (χ4n) is 3.49. The van der Waals surface area contributed by atoms with Crippen molar-refractivity contribution in [2.45, 2.75) is 50.7 Å². The number of nitrogens with zero attached hydrogens (tertiary/aromatic N) is 1. The molecule has 19 heavy (non-hydrogen) atoms. The summed E-state index contributed by atoms with van der Waals surface area (Å²) in [4.78, 5) is 4.21. The van der Waals surface area contributed by atoms with Gasteiger partial charge in [-0.25, -0.2) is 0 Å². The highest BCUT2D eigenvalue weighted by Gasteiger charge is 2.41. The number of hydrogen-bond donors (Lipinski definition) is 1. The first-order chi connectivity index (χ1) is 9.20. The van der Waals surface area contributed by atoms with Crippen LogP contribution >= 0.6 is 0 Å². The second kappa shape index (κ2) is 6.49. The van der Waals surface area contributed by atoms with Gasteiger partial charge in [-0.1, -0.05) is 25.8 Å². The maximum atomic E-state index is 5.99. The van der Waals surface area contributed by atoms with Crippen molar-refractivity contribution in [1.82, 2.24) is 10.3 Å². The summed E-state index contributed by atoms with van der Waals surface area (Å²) in [5.41, 5.74) is 1.25. The van der Waals surface area contributed by atoms with Crippen LogP contribution in [0.1, 0.15) is 38.2 Å². The molecule has 1 saturated carbocycles. The van der Waals surface area contributed by atoms with E-state index in [0.717, 1.165) is 25.2 Å². The first kappa shape index (κ1) is 14.5. The van der Waals surface area contributed by atoms with Crippen molar-refractivity contribution < 1.29 is 4.74 Å². The number of rotatable bonds is 5. The molecule has 2 rings (SSSR count). The SMILES string of the molecule is CNC(Cc1cccnc1)C1(OC)CCCC(C)C1. The topological polar surface area (TPSA) is 34.2 Å². The molecule has 3 atom stereocenters. The Balaban J connectivity index is 2.14. The van der Waals surface area contributed by atoms with Gasteiger partial charge >= 0.3 is 0 Å². The van der Waals surface area contributed by atoms with Gasteiger partial charge in [0.25, 0.3) is 0 Å². The quantitative estimate of drug-likeness (QED) is 0.886. The molecule has 0 saturated heterocycles. The average molecular weight is 262 g/mol. The summed E-state index contributed by atoms with van der Waals surface area (Å²) in [5, 5.41) is 3.48. The molecule has 3 unspecified atom stereocenters. The lowest BCUT2D eigenvalue weighted by molar-refractivity contribution is -0.0775. The first-order valence-electron chi connectivity index (χ1n) is 7.31. The van der Waals surface area contributed by atoms with E-state index in [1.165, 1.54) is 18.4 Å². The van der Waals surface area contributed by atoms with Crippen LogP contribution in [0.5, 0.6) is 0 Å². The van der Waals surface area contributed by atoms with Crippen LogP contribution in [-0.2, 0) is 11.2 Å². The highest BCUT2D eigenvalue weighted by atomic mass is 16.5. The largest absolute Gasteiger partial charge is 0.377 e. The van der Waals surface area contributed by atoms with Crippen LogP contribution in [0.25, 0.3) is 0 Å². The summed E-state index contributed by atoms with van der Waals surface area (Å²) in [7, 11) is 3.91. The summed E-state index contributed by atoms with van der Waals surface area (Å²) in [6.45, 7) is 2.34. The minimum absolute atomic E-state index is 0.0255. The van der Waals surface area contributed by atoms with Crippen LogP contribution in [-0.4, -0.2) is 30.8 Å². The van der Waals surface area contributed by atoms with E-state index in [1.54, 1.807) is 0 Å². The molecule has 0 aromatic carbocycles. The van der Waals surface area contributed by atoms with Crippen molar-refractivity contribution in [3.05, 3.63) is 30.1 Å². The van der Waals surface area contributed by atoms with Crippen LogP contribution < -0.4 is 5.32 Å². The van der Waals surface area contributed by atoms with Crippen molar-refractivity contribution in [3.63, 3.8) is 0 Å². The van der Waals surface area contributed by atoms with E-state index < -0.39 is 0 Å². The van der Waals surface area contributed by atoms with Gasteiger partial charge in [-0.3, -0.25) is 4.98 Å². The fraction of sp³-hybridized carbons (Fsp3) is 0.688. The summed E-state index contributed by atoms with van der Waals surface area (Å²) in [5.74, 6) is 0.749. The van der Waals surface area contributed by atoms with E-state index in [0.29, 0.717) is 6.04 Å². The maximum Gasteiger partial charge on any atom is 0.0836 e. The first-order valence-corrected chi connectivity index (χ1v) is 7.31. The van der Waals surface area contributed by atoms with Crippen LogP contribution in [0.2, 0.25) is 0 Å². The summed E-state index contributed by atoms with van der Waals surface area (Å²) in [6.07, 6.45) is 9.65. The molecule has 1 aromatic rings. The van der Waals surface area contributed by atoms with Gasteiger partial charge in [-0.15, -0.1) is 0 Å². The lowest BCUT2D eigenvalue weighted by Gasteiger charge is -2.44. The molecule has 1 aliphatic carbocycles. The smallest absolute Gasteiger partial charge is 0.0836 e. The van der Waals surface area contributed by atoms with Gasteiger partial charge in [-0.05, 0) is 43.9 Å². The van der Waals surface area contributed by atoms with Gasteiger partial charge in [0.1, 0.15) is 0 Å². The van der Waals surface area contributed by atoms with Crippen molar-refractivity contribution >= 4 is 0 Å². The van der Waals surface area contributed by atoms with E-state index in [4.69, 9.17) is 4.74 Å². The minimum Gasteiger partial charge on any atom is -0.377 e. The van der Waals surface area contributed by atoms with E-state index in [1.807, 2.05) is 32.6 Å². The number of ether oxygens (including phenoxy) is 1. The van der Waals surface area contributed by atoms with Gasteiger partial charge in [0, 0.05) is 25.5 Å². The van der Waals surface area contributed by atoms with E-state index in [9.17, 15) is 0 Å². The van der Waals surface area contributed by atoms with Crippen LogP contribution in [0.15, 0.2) is 24.5 Å². The number of hydrogen-bond acceptors (Lipinski definition) is 3. The highest BCUT2D eigenvalue weighted by molar-refractivity contribution is 5.13. The normalized spacial score (nSPS) is 29.1. The van der Waals surface area contributed by atoms with E-state index in [2.05, 4.69) is 23.3 Å². The average Bonchev–Trinajstić information content (AvgIpc) is 2.45. The van der Waals surface area contributed by atoms with Gasteiger partial charge in [0.2, 0.25) is 0 Å². The second-order valence-electron chi connectivity index (χ2n) is 5.88. The summed E-state index contributed by atoms with van der Waals surface area (Å²) in [6, 6.07) is 4.50. The van der Waals surface area contributed by atoms with Crippen LogP contribution in [0.4, 0.5) is 0 Å². The van der Waals surface area contributed by atoms with Crippen molar-refractivity contribution in [2.24, 2.45) is 5.92 Å². The molecule has 1 N–H and O–H groups in total. The van der Waals surface area contributed by atoms with E-state index >= 15 is 0 Å². The predicted molar refractivity (Wildman–Crippen MR) is 78.2 cm³/mol.